The highest BCUT2D eigenvalue weighted by Gasteiger charge is 2.35. The molecule has 1 fully saturated rings. The standard InChI is InChI=1S/C14H20FNO/c1-10-11(2)17-14(3,9-16-10)8-12-6-4-5-7-13(12)15/h4-7,10-11,16H,8-9H2,1-3H3. The van der Waals surface area contributed by atoms with E-state index < -0.39 is 0 Å². The van der Waals surface area contributed by atoms with Gasteiger partial charge in [-0.15, -0.1) is 0 Å². The number of hydrogen-bond donors (Lipinski definition) is 1. The summed E-state index contributed by atoms with van der Waals surface area (Å²) in [7, 11) is 0. The van der Waals surface area contributed by atoms with Crippen LogP contribution in [0.15, 0.2) is 24.3 Å². The van der Waals surface area contributed by atoms with Gasteiger partial charge in [0.1, 0.15) is 5.82 Å². The molecule has 94 valence electrons. The van der Waals surface area contributed by atoms with Crippen LogP contribution in [-0.4, -0.2) is 24.3 Å². The smallest absolute Gasteiger partial charge is 0.126 e. The van der Waals surface area contributed by atoms with Crippen LogP contribution in [0.1, 0.15) is 26.3 Å². The van der Waals surface area contributed by atoms with Crippen LogP contribution >= 0.6 is 0 Å². The molecule has 0 amide bonds. The minimum atomic E-state index is -0.325. The van der Waals surface area contributed by atoms with Crippen molar-refractivity contribution in [1.29, 1.82) is 0 Å². The van der Waals surface area contributed by atoms with Gasteiger partial charge in [-0.2, -0.15) is 0 Å². The van der Waals surface area contributed by atoms with Crippen LogP contribution in [0.2, 0.25) is 0 Å². The van der Waals surface area contributed by atoms with Crippen molar-refractivity contribution in [1.82, 2.24) is 5.32 Å². The summed E-state index contributed by atoms with van der Waals surface area (Å²) < 4.78 is 19.6. The Hall–Kier alpha value is -0.930. The number of ether oxygens (including phenoxy) is 1. The van der Waals surface area contributed by atoms with Crippen LogP contribution in [0.5, 0.6) is 0 Å². The predicted octanol–water partition coefficient (Wildman–Crippen LogP) is 2.52. The highest BCUT2D eigenvalue weighted by Crippen LogP contribution is 2.25. The first kappa shape index (κ1) is 12.5. The third kappa shape index (κ3) is 2.85. The third-order valence-electron chi connectivity index (χ3n) is 3.49. The maximum Gasteiger partial charge on any atom is 0.126 e. The lowest BCUT2D eigenvalue weighted by atomic mass is 9.93. The predicted molar refractivity (Wildman–Crippen MR) is 66.5 cm³/mol. The summed E-state index contributed by atoms with van der Waals surface area (Å²) >= 11 is 0. The van der Waals surface area contributed by atoms with E-state index in [4.69, 9.17) is 4.74 Å². The van der Waals surface area contributed by atoms with Crippen LogP contribution < -0.4 is 5.32 Å². The molecular weight excluding hydrogens is 217 g/mol. The van der Waals surface area contributed by atoms with E-state index >= 15 is 0 Å². The zero-order valence-corrected chi connectivity index (χ0v) is 10.7. The van der Waals surface area contributed by atoms with E-state index in [0.717, 1.165) is 12.1 Å². The molecule has 3 atom stereocenters. The minimum absolute atomic E-state index is 0.149. The zero-order chi connectivity index (χ0) is 12.5. The van der Waals surface area contributed by atoms with Crippen molar-refractivity contribution in [2.45, 2.75) is 44.9 Å². The van der Waals surface area contributed by atoms with Gasteiger partial charge in [0.15, 0.2) is 0 Å². The normalized spacial score (nSPS) is 33.6. The van der Waals surface area contributed by atoms with Gasteiger partial charge in [0.2, 0.25) is 0 Å². The highest BCUT2D eigenvalue weighted by molar-refractivity contribution is 5.19. The van der Waals surface area contributed by atoms with Crippen LogP contribution in [0.25, 0.3) is 0 Å². The fourth-order valence-electron chi connectivity index (χ4n) is 2.28. The largest absolute Gasteiger partial charge is 0.369 e. The lowest BCUT2D eigenvalue weighted by Crippen LogP contribution is -2.56. The first-order valence-corrected chi connectivity index (χ1v) is 6.15. The number of morpholine rings is 1. The fraction of sp³-hybridized carbons (Fsp3) is 0.571. The highest BCUT2D eigenvalue weighted by atomic mass is 19.1. The molecule has 1 saturated heterocycles. The van der Waals surface area contributed by atoms with Crippen molar-refractivity contribution in [3.05, 3.63) is 35.6 Å². The second kappa shape index (κ2) is 4.75. The van der Waals surface area contributed by atoms with Gasteiger partial charge in [0.05, 0.1) is 11.7 Å². The van der Waals surface area contributed by atoms with Gasteiger partial charge in [-0.3, -0.25) is 0 Å². The van der Waals surface area contributed by atoms with Gasteiger partial charge in [-0.25, -0.2) is 4.39 Å². The molecule has 0 bridgehead atoms. The SMILES string of the molecule is CC1NCC(C)(Cc2ccccc2F)OC1C. The Kier molecular flexibility index (Phi) is 3.50. The van der Waals surface area contributed by atoms with Crippen LogP contribution in [0.4, 0.5) is 4.39 Å². The van der Waals surface area contributed by atoms with Crippen molar-refractivity contribution in [2.75, 3.05) is 6.54 Å². The average molecular weight is 237 g/mol. The average Bonchev–Trinajstić information content (AvgIpc) is 2.28. The molecule has 1 aromatic carbocycles. The van der Waals surface area contributed by atoms with Crippen LogP contribution in [-0.2, 0) is 11.2 Å². The lowest BCUT2D eigenvalue weighted by Gasteiger charge is -2.41. The van der Waals surface area contributed by atoms with E-state index in [1.54, 1.807) is 6.07 Å². The van der Waals surface area contributed by atoms with E-state index in [1.807, 2.05) is 19.1 Å². The topological polar surface area (TPSA) is 21.3 Å². The molecule has 1 N–H and O–H groups in total. The Morgan fingerprint density at radius 3 is 2.76 bits per heavy atom. The third-order valence-corrected chi connectivity index (χ3v) is 3.49. The van der Waals surface area contributed by atoms with Gasteiger partial charge in [0, 0.05) is 19.0 Å². The van der Waals surface area contributed by atoms with Crippen molar-refractivity contribution in [3.63, 3.8) is 0 Å². The zero-order valence-electron chi connectivity index (χ0n) is 10.7. The Bertz CT molecular complexity index is 396. The molecule has 1 aliphatic heterocycles. The molecule has 17 heavy (non-hydrogen) atoms. The second-order valence-corrected chi connectivity index (χ2v) is 5.21. The van der Waals surface area contributed by atoms with Gasteiger partial charge in [-0.05, 0) is 32.4 Å². The van der Waals surface area contributed by atoms with Crippen LogP contribution in [0, 0.1) is 5.82 Å². The first-order chi connectivity index (χ1) is 8.00. The van der Waals surface area contributed by atoms with Crippen molar-refractivity contribution >= 4 is 0 Å². The summed E-state index contributed by atoms with van der Waals surface area (Å²) in [6.07, 6.45) is 0.754. The Balaban J connectivity index is 2.10. The molecular formula is C14H20FNO. The molecule has 0 saturated carbocycles. The van der Waals surface area contributed by atoms with E-state index in [2.05, 4.69) is 19.2 Å². The molecule has 0 radical (unpaired) electrons. The van der Waals surface area contributed by atoms with Crippen molar-refractivity contribution in [2.24, 2.45) is 0 Å². The molecule has 0 aliphatic carbocycles. The van der Waals surface area contributed by atoms with Gasteiger partial charge < -0.3 is 10.1 Å². The fourth-order valence-corrected chi connectivity index (χ4v) is 2.28. The Morgan fingerprint density at radius 2 is 2.12 bits per heavy atom. The van der Waals surface area contributed by atoms with Gasteiger partial charge in [0.25, 0.3) is 0 Å². The molecule has 2 nitrogen and oxygen atoms in total. The summed E-state index contributed by atoms with van der Waals surface area (Å²) in [5.74, 6) is -0.149. The van der Waals surface area contributed by atoms with E-state index in [-0.39, 0.29) is 17.5 Å². The van der Waals surface area contributed by atoms with E-state index in [9.17, 15) is 4.39 Å². The quantitative estimate of drug-likeness (QED) is 0.853. The molecule has 1 heterocycles. The minimum Gasteiger partial charge on any atom is -0.369 e. The van der Waals surface area contributed by atoms with E-state index in [0.29, 0.717) is 12.5 Å². The number of halogens is 1. The molecule has 3 unspecified atom stereocenters. The molecule has 1 aliphatic rings. The summed E-state index contributed by atoms with van der Waals surface area (Å²) in [5.41, 5.74) is 0.396. The molecule has 2 rings (SSSR count). The summed E-state index contributed by atoms with van der Waals surface area (Å²) in [6, 6.07) is 7.26. The first-order valence-electron chi connectivity index (χ1n) is 6.15. The summed E-state index contributed by atoms with van der Waals surface area (Å²) in [4.78, 5) is 0. The lowest BCUT2D eigenvalue weighted by molar-refractivity contribution is -0.114. The second-order valence-electron chi connectivity index (χ2n) is 5.21. The van der Waals surface area contributed by atoms with Crippen molar-refractivity contribution < 1.29 is 9.13 Å². The summed E-state index contributed by atoms with van der Waals surface area (Å²) in [5, 5.41) is 3.41. The Morgan fingerprint density at radius 1 is 1.41 bits per heavy atom. The Labute approximate surface area is 102 Å². The monoisotopic (exact) mass is 237 g/mol. The number of nitrogens with one attached hydrogen (secondary N) is 1. The molecule has 0 spiro atoms. The number of rotatable bonds is 2. The van der Waals surface area contributed by atoms with Crippen LogP contribution in [0.3, 0.4) is 0 Å². The maximum atomic E-state index is 13.6. The van der Waals surface area contributed by atoms with Gasteiger partial charge in [-0.1, -0.05) is 18.2 Å². The molecule has 3 heteroatoms. The number of hydrogen-bond acceptors (Lipinski definition) is 2. The summed E-state index contributed by atoms with van der Waals surface area (Å²) in [6.45, 7) is 6.95. The van der Waals surface area contributed by atoms with Gasteiger partial charge >= 0.3 is 0 Å². The number of benzene rings is 1. The van der Waals surface area contributed by atoms with E-state index in [1.165, 1.54) is 6.07 Å². The molecule has 0 aromatic heterocycles. The molecule has 1 aromatic rings. The maximum absolute atomic E-state index is 13.6. The van der Waals surface area contributed by atoms with Crippen molar-refractivity contribution in [3.8, 4) is 0 Å².